The predicted molar refractivity (Wildman–Crippen MR) is 141 cm³/mol. The number of benzene rings is 2. The first-order valence-corrected chi connectivity index (χ1v) is 13.3. The lowest BCUT2D eigenvalue weighted by atomic mass is 9.95. The van der Waals surface area contributed by atoms with Crippen molar-refractivity contribution < 1.29 is 4.79 Å². The van der Waals surface area contributed by atoms with Crippen LogP contribution in [-0.2, 0) is 18.3 Å². The summed E-state index contributed by atoms with van der Waals surface area (Å²) in [7, 11) is 1.89. The number of aromatic nitrogens is 5. The normalized spacial score (nSPS) is 14.5. The van der Waals surface area contributed by atoms with Crippen molar-refractivity contribution in [1.82, 2.24) is 24.5 Å². The van der Waals surface area contributed by atoms with Crippen molar-refractivity contribution in [2.75, 3.05) is 11.1 Å². The van der Waals surface area contributed by atoms with E-state index in [4.69, 9.17) is 0 Å². The van der Waals surface area contributed by atoms with Gasteiger partial charge in [0.2, 0.25) is 5.91 Å². The molecule has 182 valence electrons. The zero-order valence-corrected chi connectivity index (χ0v) is 21.4. The summed E-state index contributed by atoms with van der Waals surface area (Å²) in [6.07, 6.45) is 6.72. The van der Waals surface area contributed by atoms with Gasteiger partial charge in [-0.25, -0.2) is 0 Å². The summed E-state index contributed by atoms with van der Waals surface area (Å²) in [6, 6.07) is 15.3. The van der Waals surface area contributed by atoms with E-state index in [0.717, 1.165) is 47.3 Å². The Morgan fingerprint density at radius 1 is 1.06 bits per heavy atom. The lowest BCUT2D eigenvalue weighted by molar-refractivity contribution is -0.113. The number of hydrogen-bond donors (Lipinski definition) is 1. The van der Waals surface area contributed by atoms with E-state index in [-0.39, 0.29) is 11.7 Å². The number of anilines is 1. The SMILES string of the molecule is Cc1nn(C)c(C)c1NC(=O)CSc1nnc(Cc2cccc3ccccc23)n1C1CCCCC1. The van der Waals surface area contributed by atoms with Gasteiger partial charge < -0.3 is 9.88 Å². The second kappa shape index (κ2) is 10.2. The van der Waals surface area contributed by atoms with E-state index >= 15 is 0 Å². The van der Waals surface area contributed by atoms with E-state index in [1.165, 1.54) is 47.4 Å². The highest BCUT2D eigenvalue weighted by molar-refractivity contribution is 7.99. The first kappa shape index (κ1) is 23.6. The summed E-state index contributed by atoms with van der Waals surface area (Å²) >= 11 is 1.47. The number of hydrogen-bond acceptors (Lipinski definition) is 5. The molecule has 1 aliphatic carbocycles. The summed E-state index contributed by atoms with van der Waals surface area (Å²) in [5.41, 5.74) is 3.82. The van der Waals surface area contributed by atoms with Crippen molar-refractivity contribution in [3.8, 4) is 0 Å². The molecule has 8 heteroatoms. The Morgan fingerprint density at radius 3 is 2.60 bits per heavy atom. The number of aryl methyl sites for hydroxylation is 2. The molecule has 2 heterocycles. The Labute approximate surface area is 210 Å². The van der Waals surface area contributed by atoms with Gasteiger partial charge in [0.15, 0.2) is 5.16 Å². The maximum absolute atomic E-state index is 12.8. The van der Waals surface area contributed by atoms with Gasteiger partial charge in [0, 0.05) is 19.5 Å². The van der Waals surface area contributed by atoms with Crippen LogP contribution in [0.4, 0.5) is 5.69 Å². The van der Waals surface area contributed by atoms with Crippen molar-refractivity contribution in [3.05, 3.63) is 65.2 Å². The molecule has 4 aromatic rings. The molecule has 2 aromatic carbocycles. The summed E-state index contributed by atoms with van der Waals surface area (Å²) in [5.74, 6) is 1.21. The third-order valence-corrected chi connectivity index (χ3v) is 7.95. The van der Waals surface area contributed by atoms with E-state index < -0.39 is 0 Å². The molecule has 5 rings (SSSR count). The average molecular weight is 489 g/mol. The van der Waals surface area contributed by atoms with Gasteiger partial charge in [0.1, 0.15) is 5.82 Å². The molecule has 1 aliphatic rings. The first-order valence-electron chi connectivity index (χ1n) is 12.3. The van der Waals surface area contributed by atoms with Gasteiger partial charge in [-0.3, -0.25) is 9.48 Å². The quantitative estimate of drug-likeness (QED) is 0.342. The predicted octanol–water partition coefficient (Wildman–Crippen LogP) is 5.61. The van der Waals surface area contributed by atoms with Crippen molar-refractivity contribution in [3.63, 3.8) is 0 Å². The van der Waals surface area contributed by atoms with Crippen LogP contribution in [0.15, 0.2) is 47.6 Å². The summed E-state index contributed by atoms with van der Waals surface area (Å²) in [4.78, 5) is 12.8. The number of amides is 1. The number of nitrogens with one attached hydrogen (secondary N) is 1. The van der Waals surface area contributed by atoms with Crippen molar-refractivity contribution in [1.29, 1.82) is 0 Å². The molecule has 0 saturated heterocycles. The third kappa shape index (κ3) is 4.98. The molecular weight excluding hydrogens is 456 g/mol. The largest absolute Gasteiger partial charge is 0.322 e. The number of thioether (sulfide) groups is 1. The van der Waals surface area contributed by atoms with Gasteiger partial charge in [0.25, 0.3) is 0 Å². The van der Waals surface area contributed by atoms with Gasteiger partial charge in [-0.05, 0) is 43.0 Å². The van der Waals surface area contributed by atoms with Crippen LogP contribution in [0, 0.1) is 13.8 Å². The second-order valence-corrected chi connectivity index (χ2v) is 10.3. The maximum Gasteiger partial charge on any atom is 0.234 e. The standard InChI is InChI=1S/C27H32N6OS/c1-18-26(19(2)32(3)31-18)28-25(34)17-35-27-30-29-24(33(27)22-13-5-4-6-14-22)16-21-12-9-11-20-10-7-8-15-23(20)21/h7-12,15,22H,4-6,13-14,16-17H2,1-3H3,(H,28,34). The zero-order valence-electron chi connectivity index (χ0n) is 20.6. The van der Waals surface area contributed by atoms with Crippen LogP contribution in [-0.4, -0.2) is 36.2 Å². The fraction of sp³-hybridized carbons (Fsp3) is 0.407. The maximum atomic E-state index is 12.8. The molecule has 0 aliphatic heterocycles. The minimum Gasteiger partial charge on any atom is -0.322 e. The average Bonchev–Trinajstić information content (AvgIpc) is 3.38. The Morgan fingerprint density at radius 2 is 1.83 bits per heavy atom. The molecule has 7 nitrogen and oxygen atoms in total. The lowest BCUT2D eigenvalue weighted by Crippen LogP contribution is -2.19. The van der Waals surface area contributed by atoms with E-state index in [9.17, 15) is 4.79 Å². The van der Waals surface area contributed by atoms with Crippen LogP contribution in [0.2, 0.25) is 0 Å². The van der Waals surface area contributed by atoms with E-state index in [0.29, 0.717) is 6.04 Å². The monoisotopic (exact) mass is 488 g/mol. The van der Waals surface area contributed by atoms with Crippen LogP contribution >= 0.6 is 11.8 Å². The number of rotatable bonds is 7. The van der Waals surface area contributed by atoms with Crippen LogP contribution in [0.5, 0.6) is 0 Å². The first-order chi connectivity index (χ1) is 17.0. The summed E-state index contributed by atoms with van der Waals surface area (Å²) < 4.78 is 4.11. The smallest absolute Gasteiger partial charge is 0.234 e. The third-order valence-electron chi connectivity index (χ3n) is 7.01. The minimum absolute atomic E-state index is 0.0528. The molecule has 1 saturated carbocycles. The van der Waals surface area contributed by atoms with Gasteiger partial charge in [0.05, 0.1) is 22.8 Å². The minimum atomic E-state index is -0.0528. The number of fused-ring (bicyclic) bond motifs is 1. The van der Waals surface area contributed by atoms with Gasteiger partial charge in [-0.15, -0.1) is 10.2 Å². The van der Waals surface area contributed by atoms with Crippen LogP contribution in [0.25, 0.3) is 10.8 Å². The summed E-state index contributed by atoms with van der Waals surface area (Å²) in [6.45, 7) is 3.87. The molecule has 0 radical (unpaired) electrons. The number of carbonyl (C=O) groups excluding carboxylic acids is 1. The van der Waals surface area contributed by atoms with Crippen molar-refractivity contribution in [2.45, 2.75) is 63.6 Å². The van der Waals surface area contributed by atoms with Crippen molar-refractivity contribution >= 4 is 34.1 Å². The molecule has 0 atom stereocenters. The molecule has 0 unspecified atom stereocenters. The number of nitrogens with zero attached hydrogens (tertiary/aromatic N) is 5. The molecule has 1 amide bonds. The van der Waals surface area contributed by atoms with E-state index in [1.807, 2.05) is 20.9 Å². The summed E-state index contributed by atoms with van der Waals surface area (Å²) in [5, 5.41) is 20.0. The molecular formula is C27H32N6OS. The lowest BCUT2D eigenvalue weighted by Gasteiger charge is -2.25. The highest BCUT2D eigenvalue weighted by Gasteiger charge is 2.24. The molecule has 0 spiro atoms. The molecule has 0 bridgehead atoms. The number of carbonyl (C=O) groups is 1. The van der Waals surface area contributed by atoms with Crippen LogP contribution < -0.4 is 5.32 Å². The second-order valence-electron chi connectivity index (χ2n) is 9.38. The highest BCUT2D eigenvalue weighted by Crippen LogP contribution is 2.34. The topological polar surface area (TPSA) is 77.6 Å². The molecule has 1 fully saturated rings. The molecule has 2 aromatic heterocycles. The molecule has 1 N–H and O–H groups in total. The fourth-order valence-electron chi connectivity index (χ4n) is 5.11. The van der Waals surface area contributed by atoms with E-state index in [1.54, 1.807) is 4.68 Å². The fourth-order valence-corrected chi connectivity index (χ4v) is 5.93. The zero-order chi connectivity index (χ0) is 24.4. The van der Waals surface area contributed by atoms with Gasteiger partial charge in [-0.2, -0.15) is 5.10 Å². The van der Waals surface area contributed by atoms with Gasteiger partial charge in [-0.1, -0.05) is 73.5 Å². The Kier molecular flexibility index (Phi) is 6.90. The molecule has 35 heavy (non-hydrogen) atoms. The van der Waals surface area contributed by atoms with Crippen molar-refractivity contribution in [2.24, 2.45) is 7.05 Å². The van der Waals surface area contributed by atoms with Crippen LogP contribution in [0.1, 0.15) is 60.9 Å². The van der Waals surface area contributed by atoms with E-state index in [2.05, 4.69) is 67.6 Å². The van der Waals surface area contributed by atoms with Gasteiger partial charge >= 0.3 is 0 Å². The van der Waals surface area contributed by atoms with Crippen LogP contribution in [0.3, 0.4) is 0 Å². The Hall–Kier alpha value is -3.13. The Balaban J connectivity index is 1.38. The Bertz CT molecular complexity index is 1350. The highest BCUT2D eigenvalue weighted by atomic mass is 32.2.